The molecule has 0 aromatic heterocycles. The van der Waals surface area contributed by atoms with Gasteiger partial charge in [0.1, 0.15) is 5.82 Å². The Kier molecular flexibility index (Phi) is 8.19. The molecule has 0 saturated heterocycles. The predicted octanol–water partition coefficient (Wildman–Crippen LogP) is 9.10. The SMILES string of the molecule is CCCCCCCC1CCC(CCc2ccc3c(F)c(C(F)(F)F)ccc3c2)CC1. The smallest absolute Gasteiger partial charge is 0.206 e. The van der Waals surface area contributed by atoms with Crippen LogP contribution in [-0.2, 0) is 12.6 Å². The molecule has 2 aromatic rings. The number of aryl methyl sites for hydroxylation is 1. The van der Waals surface area contributed by atoms with E-state index in [2.05, 4.69) is 6.92 Å². The molecule has 0 aliphatic heterocycles. The van der Waals surface area contributed by atoms with Gasteiger partial charge >= 0.3 is 6.18 Å². The summed E-state index contributed by atoms with van der Waals surface area (Å²) in [6.07, 6.45) is 10.8. The number of rotatable bonds is 9. The first kappa shape index (κ1) is 23.1. The van der Waals surface area contributed by atoms with Crippen LogP contribution in [0.4, 0.5) is 17.6 Å². The molecule has 0 spiro atoms. The van der Waals surface area contributed by atoms with E-state index in [4.69, 9.17) is 0 Å². The zero-order valence-electron chi connectivity index (χ0n) is 18.0. The van der Waals surface area contributed by atoms with E-state index in [1.165, 1.54) is 76.3 Å². The highest BCUT2D eigenvalue weighted by atomic mass is 19.4. The summed E-state index contributed by atoms with van der Waals surface area (Å²) >= 11 is 0. The number of fused-ring (bicyclic) bond motifs is 1. The molecule has 0 unspecified atom stereocenters. The third kappa shape index (κ3) is 6.21. The summed E-state index contributed by atoms with van der Waals surface area (Å²) in [7, 11) is 0. The molecule has 1 aliphatic rings. The average Bonchev–Trinajstić information content (AvgIpc) is 2.72. The van der Waals surface area contributed by atoms with Gasteiger partial charge < -0.3 is 0 Å². The largest absolute Gasteiger partial charge is 0.419 e. The summed E-state index contributed by atoms with van der Waals surface area (Å²) in [5, 5.41) is 0.595. The molecular formula is C26H34F4. The fourth-order valence-corrected chi connectivity index (χ4v) is 4.93. The van der Waals surface area contributed by atoms with E-state index in [9.17, 15) is 17.6 Å². The number of hydrogen-bond acceptors (Lipinski definition) is 0. The summed E-state index contributed by atoms with van der Waals surface area (Å²) in [6, 6.07) is 7.38. The lowest BCUT2D eigenvalue weighted by atomic mass is 9.77. The maximum atomic E-state index is 14.2. The van der Waals surface area contributed by atoms with E-state index in [-0.39, 0.29) is 5.39 Å². The van der Waals surface area contributed by atoms with Crippen molar-refractivity contribution in [1.29, 1.82) is 0 Å². The van der Waals surface area contributed by atoms with Gasteiger partial charge in [-0.2, -0.15) is 13.2 Å². The minimum absolute atomic E-state index is 0.0491. The number of halogens is 4. The number of hydrogen-bond donors (Lipinski definition) is 0. The second kappa shape index (κ2) is 10.6. The molecule has 166 valence electrons. The van der Waals surface area contributed by atoms with Crippen molar-refractivity contribution in [3.63, 3.8) is 0 Å². The van der Waals surface area contributed by atoms with Crippen molar-refractivity contribution in [3.8, 4) is 0 Å². The molecule has 0 atom stereocenters. The van der Waals surface area contributed by atoms with Gasteiger partial charge in [-0.25, -0.2) is 4.39 Å². The van der Waals surface area contributed by atoms with Gasteiger partial charge in [0.15, 0.2) is 0 Å². The first-order valence-electron chi connectivity index (χ1n) is 11.7. The van der Waals surface area contributed by atoms with E-state index in [0.717, 1.165) is 36.3 Å². The zero-order chi connectivity index (χ0) is 21.6. The van der Waals surface area contributed by atoms with Crippen LogP contribution in [0.15, 0.2) is 30.3 Å². The van der Waals surface area contributed by atoms with Crippen molar-refractivity contribution in [2.45, 2.75) is 90.1 Å². The van der Waals surface area contributed by atoms with Crippen LogP contribution in [0.3, 0.4) is 0 Å². The van der Waals surface area contributed by atoms with Gasteiger partial charge in [-0.05, 0) is 41.7 Å². The molecule has 0 nitrogen and oxygen atoms in total. The van der Waals surface area contributed by atoms with Crippen LogP contribution in [0, 0.1) is 17.7 Å². The predicted molar refractivity (Wildman–Crippen MR) is 116 cm³/mol. The molecule has 1 fully saturated rings. The van der Waals surface area contributed by atoms with Crippen molar-refractivity contribution >= 4 is 10.8 Å². The van der Waals surface area contributed by atoms with Gasteiger partial charge in [-0.1, -0.05) is 95.4 Å². The molecular weight excluding hydrogens is 388 g/mol. The van der Waals surface area contributed by atoms with Gasteiger partial charge in [0.25, 0.3) is 0 Å². The monoisotopic (exact) mass is 422 g/mol. The lowest BCUT2D eigenvalue weighted by Crippen LogP contribution is -2.15. The average molecular weight is 423 g/mol. The van der Waals surface area contributed by atoms with Gasteiger partial charge in [0, 0.05) is 5.39 Å². The highest BCUT2D eigenvalue weighted by Gasteiger charge is 2.34. The highest BCUT2D eigenvalue weighted by Crippen LogP contribution is 2.36. The van der Waals surface area contributed by atoms with E-state index >= 15 is 0 Å². The van der Waals surface area contributed by atoms with E-state index in [1.807, 2.05) is 6.07 Å². The van der Waals surface area contributed by atoms with Gasteiger partial charge in [0.05, 0.1) is 5.56 Å². The van der Waals surface area contributed by atoms with Crippen LogP contribution in [-0.4, -0.2) is 0 Å². The van der Waals surface area contributed by atoms with Crippen molar-refractivity contribution in [2.24, 2.45) is 11.8 Å². The Hall–Kier alpha value is -1.58. The molecule has 0 heterocycles. The van der Waals surface area contributed by atoms with E-state index in [0.29, 0.717) is 5.39 Å². The Labute approximate surface area is 178 Å². The number of benzene rings is 2. The van der Waals surface area contributed by atoms with Crippen LogP contribution in [0.1, 0.15) is 88.7 Å². The van der Waals surface area contributed by atoms with Crippen LogP contribution >= 0.6 is 0 Å². The first-order valence-corrected chi connectivity index (χ1v) is 11.7. The van der Waals surface area contributed by atoms with Crippen molar-refractivity contribution in [1.82, 2.24) is 0 Å². The Morgan fingerprint density at radius 3 is 2.17 bits per heavy atom. The van der Waals surface area contributed by atoms with Gasteiger partial charge in [-0.3, -0.25) is 0 Å². The van der Waals surface area contributed by atoms with Crippen molar-refractivity contribution in [2.75, 3.05) is 0 Å². The third-order valence-electron chi connectivity index (χ3n) is 6.85. The zero-order valence-corrected chi connectivity index (χ0v) is 18.0. The Morgan fingerprint density at radius 1 is 0.833 bits per heavy atom. The molecule has 0 radical (unpaired) electrons. The molecule has 2 aromatic carbocycles. The van der Waals surface area contributed by atoms with Gasteiger partial charge in [-0.15, -0.1) is 0 Å². The topological polar surface area (TPSA) is 0 Å². The van der Waals surface area contributed by atoms with Crippen LogP contribution in [0.2, 0.25) is 0 Å². The normalized spacial score (nSPS) is 20.0. The molecule has 4 heteroatoms. The van der Waals surface area contributed by atoms with Crippen molar-refractivity contribution < 1.29 is 17.6 Å². The van der Waals surface area contributed by atoms with E-state index < -0.39 is 17.6 Å². The molecule has 0 N–H and O–H groups in total. The first-order chi connectivity index (χ1) is 14.4. The third-order valence-corrected chi connectivity index (χ3v) is 6.85. The Morgan fingerprint density at radius 2 is 1.50 bits per heavy atom. The quantitative estimate of drug-likeness (QED) is 0.279. The maximum Gasteiger partial charge on any atom is 0.419 e. The highest BCUT2D eigenvalue weighted by molar-refractivity contribution is 5.84. The molecule has 0 bridgehead atoms. The fraction of sp³-hybridized carbons (Fsp3) is 0.615. The lowest BCUT2D eigenvalue weighted by molar-refractivity contribution is -0.139. The lowest BCUT2D eigenvalue weighted by Gasteiger charge is -2.28. The second-order valence-corrected chi connectivity index (χ2v) is 9.11. The maximum absolute atomic E-state index is 14.2. The van der Waals surface area contributed by atoms with Crippen LogP contribution < -0.4 is 0 Å². The summed E-state index contributed by atoms with van der Waals surface area (Å²) in [6.45, 7) is 2.25. The Bertz CT molecular complexity index is 801. The van der Waals surface area contributed by atoms with Crippen LogP contribution in [0.25, 0.3) is 10.8 Å². The fourth-order valence-electron chi connectivity index (χ4n) is 4.93. The molecule has 1 saturated carbocycles. The minimum Gasteiger partial charge on any atom is -0.206 e. The van der Waals surface area contributed by atoms with E-state index in [1.54, 1.807) is 6.07 Å². The summed E-state index contributed by atoms with van der Waals surface area (Å²) in [5.74, 6) is 0.468. The van der Waals surface area contributed by atoms with Crippen molar-refractivity contribution in [3.05, 3.63) is 47.3 Å². The molecule has 1 aliphatic carbocycles. The van der Waals surface area contributed by atoms with Gasteiger partial charge in [0.2, 0.25) is 0 Å². The standard InChI is InChI=1S/C26H34F4/c1-2-3-4-5-6-7-19-8-10-20(11-9-19)12-13-21-14-16-23-22(18-21)15-17-24(25(23)27)26(28,29)30/h14-20H,2-13H2,1H3. The molecule has 0 amide bonds. The summed E-state index contributed by atoms with van der Waals surface area (Å²) in [5.41, 5.74) is -0.107. The number of unbranched alkanes of at least 4 members (excludes halogenated alkanes) is 4. The van der Waals surface area contributed by atoms with Crippen LogP contribution in [0.5, 0.6) is 0 Å². The number of alkyl halides is 3. The Balaban J connectivity index is 1.47. The molecule has 3 rings (SSSR count). The minimum atomic E-state index is -4.66. The summed E-state index contributed by atoms with van der Waals surface area (Å²) < 4.78 is 52.9. The second-order valence-electron chi connectivity index (χ2n) is 9.11. The summed E-state index contributed by atoms with van der Waals surface area (Å²) in [4.78, 5) is 0. The molecule has 30 heavy (non-hydrogen) atoms.